The van der Waals surface area contributed by atoms with Crippen molar-refractivity contribution < 1.29 is 14.0 Å². The number of ether oxygens (including phenoxy) is 1. The van der Waals surface area contributed by atoms with Crippen LogP contribution in [-0.2, 0) is 9.16 Å². The van der Waals surface area contributed by atoms with Gasteiger partial charge in [-0.15, -0.1) is 0 Å². The van der Waals surface area contributed by atoms with Crippen LogP contribution in [0.4, 0.5) is 4.79 Å². The van der Waals surface area contributed by atoms with Gasteiger partial charge < -0.3 is 14.5 Å². The molecule has 2 aromatic rings. The van der Waals surface area contributed by atoms with Crippen LogP contribution in [0.1, 0.15) is 33.6 Å². The van der Waals surface area contributed by atoms with Gasteiger partial charge in [0.05, 0.1) is 13.2 Å². The molecule has 1 aliphatic rings. The van der Waals surface area contributed by atoms with Crippen molar-refractivity contribution in [3.8, 4) is 0 Å². The van der Waals surface area contributed by atoms with Gasteiger partial charge in [0.1, 0.15) is 6.10 Å². The minimum absolute atomic E-state index is 0.0923. The molecule has 0 aliphatic carbocycles. The summed E-state index contributed by atoms with van der Waals surface area (Å²) in [5.74, 6) is 0. The van der Waals surface area contributed by atoms with Gasteiger partial charge in [0.25, 0.3) is 8.32 Å². The summed E-state index contributed by atoms with van der Waals surface area (Å²) in [6.07, 6.45) is 8.96. The summed E-state index contributed by atoms with van der Waals surface area (Å²) < 4.78 is 12.5. The maximum atomic E-state index is 11.5. The lowest BCUT2D eigenvalue weighted by molar-refractivity contribution is 0.157. The number of rotatable bonds is 10. The first-order chi connectivity index (χ1) is 15.9. The van der Waals surface area contributed by atoms with Crippen LogP contribution in [0.15, 0.2) is 97.1 Å². The Morgan fingerprint density at radius 3 is 2.21 bits per heavy atom. The van der Waals surface area contributed by atoms with Crippen molar-refractivity contribution in [3.63, 3.8) is 0 Å². The van der Waals surface area contributed by atoms with E-state index in [9.17, 15) is 4.79 Å². The average Bonchev–Trinajstić information content (AvgIpc) is 3.22. The topological polar surface area (TPSA) is 47.6 Å². The van der Waals surface area contributed by atoms with Crippen molar-refractivity contribution in [2.75, 3.05) is 13.2 Å². The van der Waals surface area contributed by atoms with E-state index in [1.807, 2.05) is 6.08 Å². The second-order valence-electron chi connectivity index (χ2n) is 9.30. The highest BCUT2D eigenvalue weighted by Gasteiger charge is 2.50. The van der Waals surface area contributed by atoms with Crippen molar-refractivity contribution in [2.24, 2.45) is 0 Å². The van der Waals surface area contributed by atoms with Crippen LogP contribution in [0, 0.1) is 0 Å². The standard InChI is InChI=1S/C28H35NO3Si/c1-5-6-7-10-15-23(20-24-21-29-27(30)32-24)22-31-33(28(2,3)4,25-16-11-8-12-17-25)26-18-13-9-14-19-26/h5-9,11-14,16-20,24H,1,10,15,21-22H2,2-4H3,(H,29,30)/b7-6+,23-20+. The van der Waals surface area contributed by atoms with Crippen LogP contribution < -0.4 is 15.7 Å². The molecular formula is C28H35NO3Si. The third-order valence-corrected chi connectivity index (χ3v) is 10.9. The molecule has 4 nitrogen and oxygen atoms in total. The fraction of sp³-hybridized carbons (Fsp3) is 0.321. The Bertz CT molecular complexity index is 938. The number of carbonyl (C=O) groups is 1. The lowest BCUT2D eigenvalue weighted by atomic mass is 10.1. The van der Waals surface area contributed by atoms with E-state index < -0.39 is 8.32 Å². The van der Waals surface area contributed by atoms with Crippen molar-refractivity contribution in [2.45, 2.75) is 44.8 Å². The summed E-state index contributed by atoms with van der Waals surface area (Å²) in [6, 6.07) is 21.3. The van der Waals surface area contributed by atoms with Crippen molar-refractivity contribution >= 4 is 24.8 Å². The predicted molar refractivity (Wildman–Crippen MR) is 138 cm³/mol. The van der Waals surface area contributed by atoms with Crippen LogP contribution >= 0.6 is 0 Å². The van der Waals surface area contributed by atoms with Gasteiger partial charge in [-0.2, -0.15) is 0 Å². The van der Waals surface area contributed by atoms with E-state index in [2.05, 4.69) is 105 Å². The molecule has 0 saturated carbocycles. The third-order valence-electron chi connectivity index (χ3n) is 5.92. The van der Waals surface area contributed by atoms with Gasteiger partial charge >= 0.3 is 6.09 Å². The normalized spacial score (nSPS) is 17.1. The molecule has 1 atom stereocenters. The highest BCUT2D eigenvalue weighted by atomic mass is 28.4. The van der Waals surface area contributed by atoms with Crippen LogP contribution in [0.3, 0.4) is 0 Å². The fourth-order valence-electron chi connectivity index (χ4n) is 4.39. The average molecular weight is 462 g/mol. The second kappa shape index (κ2) is 11.3. The maximum absolute atomic E-state index is 11.5. The molecule has 33 heavy (non-hydrogen) atoms. The number of benzene rings is 2. The highest BCUT2D eigenvalue weighted by Crippen LogP contribution is 2.37. The maximum Gasteiger partial charge on any atom is 0.407 e. The largest absolute Gasteiger partial charge is 0.440 e. The summed E-state index contributed by atoms with van der Waals surface area (Å²) in [7, 11) is -2.63. The molecule has 3 rings (SSSR count). The third kappa shape index (κ3) is 6.12. The molecule has 0 radical (unpaired) electrons. The Hall–Kier alpha value is -2.89. The molecule has 1 aliphatic heterocycles. The monoisotopic (exact) mass is 461 g/mol. The summed E-state index contributed by atoms with van der Waals surface area (Å²) in [5.41, 5.74) is 1.14. The molecule has 174 valence electrons. The zero-order chi connectivity index (χ0) is 23.7. The highest BCUT2D eigenvalue weighted by molar-refractivity contribution is 6.99. The van der Waals surface area contributed by atoms with Crippen molar-refractivity contribution in [3.05, 3.63) is 97.1 Å². The quantitative estimate of drug-likeness (QED) is 0.303. The Kier molecular flexibility index (Phi) is 8.47. The van der Waals surface area contributed by atoms with Gasteiger partial charge in [-0.3, -0.25) is 0 Å². The predicted octanol–water partition coefficient (Wildman–Crippen LogP) is 5.12. The summed E-state index contributed by atoms with van der Waals surface area (Å²) in [4.78, 5) is 11.5. The molecule has 1 unspecified atom stereocenters. The van der Waals surface area contributed by atoms with Gasteiger partial charge in [-0.05, 0) is 39.9 Å². The van der Waals surface area contributed by atoms with Crippen LogP contribution in [0.25, 0.3) is 0 Å². The van der Waals surface area contributed by atoms with Crippen molar-refractivity contribution in [1.82, 2.24) is 5.32 Å². The molecule has 1 saturated heterocycles. The lowest BCUT2D eigenvalue weighted by Crippen LogP contribution is -2.66. The second-order valence-corrected chi connectivity index (χ2v) is 13.6. The molecule has 1 N–H and O–H groups in total. The van der Waals surface area contributed by atoms with Crippen LogP contribution in [-0.4, -0.2) is 33.7 Å². The first-order valence-corrected chi connectivity index (χ1v) is 13.4. The summed E-state index contributed by atoms with van der Waals surface area (Å²) >= 11 is 0. The molecular weight excluding hydrogens is 426 g/mol. The number of nitrogens with one attached hydrogen (secondary N) is 1. The van der Waals surface area contributed by atoms with Gasteiger partial charge in [0.2, 0.25) is 0 Å². The Morgan fingerprint density at radius 1 is 1.12 bits per heavy atom. The number of cyclic esters (lactones) is 1. The number of amides is 1. The zero-order valence-corrected chi connectivity index (χ0v) is 20.9. The molecule has 0 spiro atoms. The Balaban J connectivity index is 1.97. The first-order valence-electron chi connectivity index (χ1n) is 11.5. The van der Waals surface area contributed by atoms with E-state index >= 15 is 0 Å². The van der Waals surface area contributed by atoms with Crippen LogP contribution in [0.5, 0.6) is 0 Å². The molecule has 1 amide bonds. The van der Waals surface area contributed by atoms with E-state index in [0.717, 1.165) is 18.4 Å². The van der Waals surface area contributed by atoms with Crippen LogP contribution in [0.2, 0.25) is 5.04 Å². The number of allylic oxidation sites excluding steroid dienone is 3. The zero-order valence-electron chi connectivity index (χ0n) is 19.9. The van der Waals surface area contributed by atoms with Crippen molar-refractivity contribution in [1.29, 1.82) is 0 Å². The molecule has 1 heterocycles. The molecule has 1 fully saturated rings. The van der Waals surface area contributed by atoms with E-state index in [1.165, 1.54) is 10.4 Å². The summed E-state index contributed by atoms with van der Waals surface area (Å²) in [6.45, 7) is 11.6. The molecule has 2 aromatic carbocycles. The fourth-order valence-corrected chi connectivity index (χ4v) is 8.95. The van der Waals surface area contributed by atoms with E-state index in [0.29, 0.717) is 13.2 Å². The molecule has 0 bridgehead atoms. The van der Waals surface area contributed by atoms with E-state index in [1.54, 1.807) is 6.08 Å². The first kappa shape index (κ1) is 24.7. The van der Waals surface area contributed by atoms with E-state index in [-0.39, 0.29) is 17.2 Å². The molecule has 5 heteroatoms. The minimum Gasteiger partial charge on any atom is -0.440 e. The number of hydrogen-bond acceptors (Lipinski definition) is 3. The Labute approximate surface area is 199 Å². The van der Waals surface area contributed by atoms with Gasteiger partial charge in [-0.25, -0.2) is 4.79 Å². The smallest absolute Gasteiger partial charge is 0.407 e. The lowest BCUT2D eigenvalue weighted by Gasteiger charge is -2.43. The van der Waals surface area contributed by atoms with Gasteiger partial charge in [0, 0.05) is 0 Å². The summed E-state index contributed by atoms with van der Waals surface area (Å²) in [5, 5.41) is 5.15. The van der Waals surface area contributed by atoms with Gasteiger partial charge in [-0.1, -0.05) is 106 Å². The minimum atomic E-state index is -2.63. The SMILES string of the molecule is C=C/C=C/CC/C(=C\C1CNC(=O)O1)CO[Si](c1ccccc1)(c1ccccc1)C(C)(C)C. The Morgan fingerprint density at radius 2 is 1.73 bits per heavy atom. The van der Waals surface area contributed by atoms with Gasteiger partial charge in [0.15, 0.2) is 0 Å². The number of alkyl carbamates (subject to hydrolysis) is 1. The van der Waals surface area contributed by atoms with E-state index in [4.69, 9.17) is 9.16 Å². The molecule has 0 aromatic heterocycles. The number of carbonyl (C=O) groups excluding carboxylic acids is 1. The number of hydrogen-bond donors (Lipinski definition) is 1.